The molecule has 12 heteroatoms. The fraction of sp³-hybridized carbons (Fsp3) is 0.268. The molecule has 5 aromatic rings. The third-order valence-electron chi connectivity index (χ3n) is 8.65. The van der Waals surface area contributed by atoms with E-state index in [1.54, 1.807) is 99.1 Å². The number of methoxy groups -OCH3 is 2. The van der Waals surface area contributed by atoms with Gasteiger partial charge < -0.3 is 42.9 Å². The summed E-state index contributed by atoms with van der Waals surface area (Å²) in [5.41, 5.74) is 2.34. The van der Waals surface area contributed by atoms with Gasteiger partial charge in [0.15, 0.2) is 0 Å². The maximum absolute atomic E-state index is 14.8. The van der Waals surface area contributed by atoms with E-state index in [1.165, 1.54) is 0 Å². The summed E-state index contributed by atoms with van der Waals surface area (Å²) >= 11 is 0. The number of aliphatic hydroxyl groups excluding tert-OH is 2. The van der Waals surface area contributed by atoms with Gasteiger partial charge in [0.1, 0.15) is 59.6 Å². The van der Waals surface area contributed by atoms with Crippen LogP contribution in [0.1, 0.15) is 16.7 Å². The summed E-state index contributed by atoms with van der Waals surface area (Å²) in [5.74, 6) is 1.76. The Morgan fingerprint density at radius 2 is 0.811 bits per heavy atom. The third kappa shape index (κ3) is 10.2. The Kier molecular flexibility index (Phi) is 13.2. The molecule has 0 unspecified atom stereocenters. The van der Waals surface area contributed by atoms with Gasteiger partial charge in [-0.05, 0) is 65.2 Å². The van der Waals surface area contributed by atoms with Crippen molar-refractivity contribution < 1.29 is 52.0 Å². The van der Waals surface area contributed by atoms with Gasteiger partial charge in [0.25, 0.3) is 0 Å². The highest BCUT2D eigenvalue weighted by atomic mass is 31.2. The van der Waals surface area contributed by atoms with Crippen LogP contribution >= 0.6 is 7.82 Å². The van der Waals surface area contributed by atoms with Crippen LogP contribution in [0.25, 0.3) is 0 Å². The van der Waals surface area contributed by atoms with Crippen LogP contribution in [0.3, 0.4) is 0 Å². The number of phosphoric acid groups is 1. The number of benzene rings is 5. The maximum atomic E-state index is 14.8. The van der Waals surface area contributed by atoms with Crippen LogP contribution in [0, 0.1) is 0 Å². The second-order valence-corrected chi connectivity index (χ2v) is 13.8. The molecule has 53 heavy (non-hydrogen) atoms. The van der Waals surface area contributed by atoms with Gasteiger partial charge >= 0.3 is 7.82 Å². The topological polar surface area (TPSA) is 131 Å². The first-order valence-electron chi connectivity index (χ1n) is 17.1. The summed E-state index contributed by atoms with van der Waals surface area (Å²) in [6.07, 6.45) is -8.13. The van der Waals surface area contributed by atoms with Gasteiger partial charge in [-0.15, -0.1) is 0 Å². The van der Waals surface area contributed by atoms with Crippen LogP contribution in [0.2, 0.25) is 0 Å². The number of ether oxygens (including phenoxy) is 5. The van der Waals surface area contributed by atoms with E-state index in [1.807, 2.05) is 54.6 Å². The Morgan fingerprint density at radius 1 is 0.453 bits per heavy atom. The van der Waals surface area contributed by atoms with Crippen molar-refractivity contribution in [1.82, 2.24) is 0 Å². The Morgan fingerprint density at radius 3 is 1.21 bits per heavy atom. The molecule has 6 rings (SSSR count). The van der Waals surface area contributed by atoms with Crippen LogP contribution in [-0.4, -0.2) is 61.1 Å². The Bertz CT molecular complexity index is 1820. The van der Waals surface area contributed by atoms with Gasteiger partial charge in [-0.25, -0.2) is 4.57 Å². The first kappa shape index (κ1) is 38.0. The zero-order valence-electron chi connectivity index (χ0n) is 29.4. The minimum atomic E-state index is -4.60. The molecule has 1 fully saturated rings. The number of hydrogen-bond acceptors (Lipinski definition) is 11. The van der Waals surface area contributed by atoms with Gasteiger partial charge in [-0.1, -0.05) is 91.0 Å². The summed E-state index contributed by atoms with van der Waals surface area (Å²) in [5, 5.41) is 24.0. The van der Waals surface area contributed by atoms with Gasteiger partial charge in [0.2, 0.25) is 0 Å². The minimum Gasteiger partial charge on any atom is -0.497 e. The average molecular weight is 743 g/mol. The van der Waals surface area contributed by atoms with Crippen molar-refractivity contribution in [2.75, 3.05) is 14.2 Å². The van der Waals surface area contributed by atoms with Crippen molar-refractivity contribution in [3.05, 3.63) is 156 Å². The zero-order chi connectivity index (χ0) is 37.0. The van der Waals surface area contributed by atoms with E-state index in [4.69, 9.17) is 37.3 Å². The molecular weight excluding hydrogens is 699 g/mol. The Hall–Kier alpha value is -4.71. The lowest BCUT2D eigenvalue weighted by Crippen LogP contribution is -2.66. The number of para-hydroxylation sites is 2. The van der Waals surface area contributed by atoms with Gasteiger partial charge in [-0.3, -0.25) is 4.52 Å². The Balaban J connectivity index is 1.36. The monoisotopic (exact) mass is 742 g/mol. The molecule has 0 amide bonds. The van der Waals surface area contributed by atoms with Gasteiger partial charge in [0, 0.05) is 0 Å². The van der Waals surface area contributed by atoms with Crippen LogP contribution in [-0.2, 0) is 43.1 Å². The second kappa shape index (κ2) is 18.4. The minimum absolute atomic E-state index is 0.00165. The normalized spacial score (nSPS) is 21.4. The molecule has 0 aliphatic heterocycles. The van der Waals surface area contributed by atoms with E-state index in [9.17, 15) is 14.8 Å². The largest absolute Gasteiger partial charge is 0.588 e. The van der Waals surface area contributed by atoms with Crippen LogP contribution in [0.5, 0.6) is 23.0 Å². The molecule has 5 aromatic carbocycles. The van der Waals surface area contributed by atoms with Gasteiger partial charge in [0.05, 0.1) is 34.0 Å². The van der Waals surface area contributed by atoms with E-state index in [-0.39, 0.29) is 31.3 Å². The van der Waals surface area contributed by atoms with E-state index < -0.39 is 44.4 Å². The molecule has 1 aliphatic carbocycles. The van der Waals surface area contributed by atoms with Crippen molar-refractivity contribution in [1.29, 1.82) is 0 Å². The first-order valence-corrected chi connectivity index (χ1v) is 18.6. The van der Waals surface area contributed by atoms with Crippen molar-refractivity contribution in [2.24, 2.45) is 0 Å². The fourth-order valence-electron chi connectivity index (χ4n) is 5.88. The van der Waals surface area contributed by atoms with Crippen molar-refractivity contribution in [2.45, 2.75) is 56.4 Å². The average Bonchev–Trinajstić information content (AvgIpc) is 3.19. The maximum Gasteiger partial charge on any atom is 0.588 e. The van der Waals surface area contributed by atoms with Crippen molar-refractivity contribution in [3.63, 3.8) is 0 Å². The lowest BCUT2D eigenvalue weighted by atomic mass is 9.84. The number of phosphoric ester groups is 1. The highest BCUT2D eigenvalue weighted by molar-refractivity contribution is 7.49. The molecule has 0 radical (unpaired) electrons. The highest BCUT2D eigenvalue weighted by Gasteiger charge is 2.56. The molecule has 278 valence electrons. The van der Waals surface area contributed by atoms with Crippen LogP contribution < -0.4 is 18.5 Å². The third-order valence-corrected chi connectivity index (χ3v) is 10.0. The number of rotatable bonds is 17. The molecule has 6 atom stereocenters. The first-order chi connectivity index (χ1) is 25.8. The highest BCUT2D eigenvalue weighted by Crippen LogP contribution is 2.53. The van der Waals surface area contributed by atoms with Crippen LogP contribution in [0.15, 0.2) is 140 Å². The second-order valence-electron chi connectivity index (χ2n) is 12.3. The molecule has 11 nitrogen and oxygen atoms in total. The molecule has 2 N–H and O–H groups in total. The molecule has 1 saturated carbocycles. The van der Waals surface area contributed by atoms with E-state index >= 15 is 0 Å². The van der Waals surface area contributed by atoms with Crippen molar-refractivity contribution in [3.8, 4) is 23.0 Å². The van der Waals surface area contributed by atoms with E-state index in [0.717, 1.165) is 16.7 Å². The van der Waals surface area contributed by atoms with Crippen molar-refractivity contribution >= 4 is 7.82 Å². The van der Waals surface area contributed by atoms with Crippen LogP contribution in [0.4, 0.5) is 0 Å². The summed E-state index contributed by atoms with van der Waals surface area (Å²) < 4.78 is 62.7. The van der Waals surface area contributed by atoms with E-state index in [2.05, 4.69) is 0 Å². The fourth-order valence-corrected chi connectivity index (χ4v) is 7.30. The molecule has 0 heterocycles. The molecule has 1 aliphatic rings. The molecule has 0 bridgehead atoms. The smallest absolute Gasteiger partial charge is 0.497 e. The molecular formula is C41H43O11P. The number of aliphatic hydroxyl groups is 2. The Labute approximate surface area is 309 Å². The molecule has 0 aromatic heterocycles. The zero-order valence-corrected chi connectivity index (χ0v) is 30.3. The molecule has 0 saturated heterocycles. The SMILES string of the molecule is COc1ccc(CO[C@@H]2[C@@H](O)[C@H](OCc3ccc(OC)cc3)[C@@H](OP(=O)(Oc3ccccc3)Oc3ccccc3)[C@@H](OCc3ccccc3)[C@H]2O)cc1. The molecule has 0 spiro atoms. The summed E-state index contributed by atoms with van der Waals surface area (Å²) in [6.45, 7) is 0.0810. The summed E-state index contributed by atoms with van der Waals surface area (Å²) in [6, 6.07) is 40.7. The summed E-state index contributed by atoms with van der Waals surface area (Å²) in [4.78, 5) is 0. The lowest BCUT2D eigenvalue weighted by Gasteiger charge is -2.46. The van der Waals surface area contributed by atoms with E-state index in [0.29, 0.717) is 11.5 Å². The number of hydrogen-bond donors (Lipinski definition) is 2. The van der Waals surface area contributed by atoms with Gasteiger partial charge in [-0.2, -0.15) is 0 Å². The quantitative estimate of drug-likeness (QED) is 0.0943. The lowest BCUT2D eigenvalue weighted by molar-refractivity contribution is -0.258. The predicted molar refractivity (Wildman–Crippen MR) is 197 cm³/mol. The standard InChI is InChI=1S/C41H43O11P/c1-45-32-22-18-30(19-23-32)27-47-38-36(42)39(48-26-29-12-6-3-7-13-29)41(40(37(38)43)49-28-31-20-24-33(46-2)25-21-31)52-53(44,50-34-14-8-4-9-15-34)51-35-16-10-5-11-17-35/h3-25,36-43H,26-28H2,1-2H3/t36-,37+,38-,39-,40-,41-/m0/s1. The summed E-state index contributed by atoms with van der Waals surface area (Å²) in [7, 11) is -1.45. The predicted octanol–water partition coefficient (Wildman–Crippen LogP) is 7.15.